The number of rotatable bonds is 2. The van der Waals surface area contributed by atoms with E-state index in [0.717, 1.165) is 10.7 Å². The van der Waals surface area contributed by atoms with Crippen molar-refractivity contribution < 1.29 is 9.18 Å². The largest absolute Gasteiger partial charge is 0.316 e. The lowest BCUT2D eigenvalue weighted by atomic mass is 10.5. The lowest BCUT2D eigenvalue weighted by molar-refractivity contribution is -0.118. The third-order valence-electron chi connectivity index (χ3n) is 1.88. The Bertz CT molecular complexity index is 591. The Labute approximate surface area is 93.0 Å². The number of carbonyl (C=O) groups is 1. The lowest BCUT2D eigenvalue weighted by Crippen LogP contribution is -2.26. The van der Waals surface area contributed by atoms with Crippen LogP contribution in [0.4, 0.5) is 10.1 Å². The van der Waals surface area contributed by atoms with Crippen molar-refractivity contribution in [1.82, 2.24) is 14.6 Å². The van der Waals surface area contributed by atoms with Gasteiger partial charge in [0.05, 0.1) is 6.20 Å². The molecular weight excluding hydrogens is 239 g/mol. The molecule has 0 bridgehead atoms. The number of hydrogen-bond acceptors (Lipinski definition) is 3. The standard InChI is InChI=1S/C8H6ClFN4O2/c9-6(10)7(15)13-4-3-11-5-1-2-12-14(5)8(4)16/h1-3,6,12H,(H,13,15). The van der Waals surface area contributed by atoms with Crippen molar-refractivity contribution in [2.75, 3.05) is 5.32 Å². The van der Waals surface area contributed by atoms with Crippen LogP contribution >= 0.6 is 11.6 Å². The average Bonchev–Trinajstić information content (AvgIpc) is 2.70. The maximum Gasteiger partial charge on any atom is 0.296 e. The van der Waals surface area contributed by atoms with Gasteiger partial charge < -0.3 is 5.32 Å². The number of H-pyrrole nitrogens is 1. The fourth-order valence-corrected chi connectivity index (χ4v) is 1.22. The molecule has 0 aromatic carbocycles. The van der Waals surface area contributed by atoms with Crippen LogP contribution in [0, 0.1) is 0 Å². The van der Waals surface area contributed by atoms with E-state index in [-0.39, 0.29) is 5.69 Å². The number of carbonyl (C=O) groups excluding carboxylic acids is 1. The molecule has 0 aliphatic rings. The highest BCUT2D eigenvalue weighted by molar-refractivity contribution is 6.31. The number of nitrogens with one attached hydrogen (secondary N) is 2. The molecule has 2 aromatic rings. The molecule has 0 saturated carbocycles. The Morgan fingerprint density at radius 3 is 3.12 bits per heavy atom. The number of alkyl halides is 2. The van der Waals surface area contributed by atoms with Gasteiger partial charge in [0.1, 0.15) is 5.69 Å². The number of fused-ring (bicyclic) bond motifs is 1. The molecule has 0 aliphatic carbocycles. The van der Waals surface area contributed by atoms with E-state index >= 15 is 0 Å². The summed E-state index contributed by atoms with van der Waals surface area (Å²) in [6, 6.07) is 1.58. The molecule has 0 saturated heterocycles. The van der Waals surface area contributed by atoms with Crippen molar-refractivity contribution in [3.8, 4) is 0 Å². The van der Waals surface area contributed by atoms with E-state index in [1.54, 1.807) is 6.07 Å². The number of anilines is 1. The Balaban J connectivity index is 2.42. The fraction of sp³-hybridized carbons (Fsp3) is 0.125. The summed E-state index contributed by atoms with van der Waals surface area (Å²) in [6.07, 6.45) is 2.65. The van der Waals surface area contributed by atoms with Crippen LogP contribution in [0.2, 0.25) is 0 Å². The van der Waals surface area contributed by atoms with Crippen LogP contribution in [0.5, 0.6) is 0 Å². The summed E-state index contributed by atoms with van der Waals surface area (Å²) in [4.78, 5) is 26.5. The molecule has 0 fully saturated rings. The highest BCUT2D eigenvalue weighted by Crippen LogP contribution is 2.04. The average molecular weight is 245 g/mol. The van der Waals surface area contributed by atoms with Gasteiger partial charge in [-0.25, -0.2) is 9.37 Å². The first kappa shape index (κ1) is 10.6. The van der Waals surface area contributed by atoms with E-state index in [2.05, 4.69) is 10.1 Å². The molecule has 1 amide bonds. The van der Waals surface area contributed by atoms with Crippen molar-refractivity contribution >= 4 is 28.8 Å². The molecule has 2 aromatic heterocycles. The van der Waals surface area contributed by atoms with Gasteiger partial charge in [-0.15, -0.1) is 0 Å². The summed E-state index contributed by atoms with van der Waals surface area (Å²) < 4.78 is 13.5. The quantitative estimate of drug-likeness (QED) is 0.755. The van der Waals surface area contributed by atoms with Gasteiger partial charge in [-0.1, -0.05) is 11.6 Å². The van der Waals surface area contributed by atoms with Crippen LogP contribution in [-0.4, -0.2) is 26.1 Å². The number of amides is 1. The van der Waals surface area contributed by atoms with Crippen LogP contribution in [0.1, 0.15) is 0 Å². The predicted octanol–water partition coefficient (Wildman–Crippen LogP) is 0.496. The minimum absolute atomic E-state index is 0.145. The second-order valence-electron chi connectivity index (χ2n) is 2.92. The smallest absolute Gasteiger partial charge is 0.296 e. The van der Waals surface area contributed by atoms with Gasteiger partial charge in [-0.2, -0.15) is 4.52 Å². The first-order valence-electron chi connectivity index (χ1n) is 4.24. The number of aromatic amines is 1. The normalized spacial score (nSPS) is 12.6. The van der Waals surface area contributed by atoms with Gasteiger partial charge in [-0.3, -0.25) is 14.7 Å². The van der Waals surface area contributed by atoms with E-state index in [0.29, 0.717) is 5.65 Å². The van der Waals surface area contributed by atoms with Gasteiger partial charge in [0, 0.05) is 12.3 Å². The number of nitrogens with zero attached hydrogens (tertiary/aromatic N) is 2. The highest BCUT2D eigenvalue weighted by Gasteiger charge is 2.15. The summed E-state index contributed by atoms with van der Waals surface area (Å²) in [7, 11) is 0. The van der Waals surface area contributed by atoms with Gasteiger partial charge in [0.15, 0.2) is 5.65 Å². The summed E-state index contributed by atoms with van der Waals surface area (Å²) in [5.74, 6) is -1.10. The summed E-state index contributed by atoms with van der Waals surface area (Å²) in [5.41, 5.74) is -2.50. The van der Waals surface area contributed by atoms with E-state index in [4.69, 9.17) is 11.6 Å². The zero-order chi connectivity index (χ0) is 11.7. The number of halogens is 2. The van der Waals surface area contributed by atoms with Crippen LogP contribution in [-0.2, 0) is 4.79 Å². The maximum atomic E-state index is 12.4. The predicted molar refractivity (Wildman–Crippen MR) is 55.2 cm³/mol. The molecule has 0 radical (unpaired) electrons. The molecule has 84 valence electrons. The van der Waals surface area contributed by atoms with Gasteiger partial charge >= 0.3 is 0 Å². The minimum atomic E-state index is -2.20. The summed E-state index contributed by atoms with van der Waals surface area (Å²) in [6.45, 7) is 0. The zero-order valence-corrected chi connectivity index (χ0v) is 8.53. The zero-order valence-electron chi connectivity index (χ0n) is 7.78. The number of hydrogen-bond donors (Lipinski definition) is 2. The second-order valence-corrected chi connectivity index (χ2v) is 3.31. The lowest BCUT2D eigenvalue weighted by Gasteiger charge is -2.03. The fourth-order valence-electron chi connectivity index (χ4n) is 1.17. The molecule has 0 spiro atoms. The topological polar surface area (TPSA) is 79.3 Å². The maximum absolute atomic E-state index is 12.4. The molecule has 16 heavy (non-hydrogen) atoms. The van der Waals surface area contributed by atoms with Crippen molar-refractivity contribution in [2.45, 2.75) is 5.63 Å². The molecule has 6 nitrogen and oxygen atoms in total. The van der Waals surface area contributed by atoms with E-state index < -0.39 is 17.1 Å². The van der Waals surface area contributed by atoms with Crippen molar-refractivity contribution in [2.24, 2.45) is 0 Å². The third-order valence-corrected chi connectivity index (χ3v) is 2.08. The van der Waals surface area contributed by atoms with E-state index in [9.17, 15) is 14.0 Å². The Kier molecular flexibility index (Phi) is 2.61. The Morgan fingerprint density at radius 1 is 1.69 bits per heavy atom. The highest BCUT2D eigenvalue weighted by atomic mass is 35.5. The summed E-state index contributed by atoms with van der Waals surface area (Å²) in [5, 5.41) is 4.62. The molecule has 2 rings (SSSR count). The SMILES string of the molecule is O=C(Nc1cnc2cc[nH]n2c1=O)C(F)Cl. The van der Waals surface area contributed by atoms with E-state index in [1.165, 1.54) is 6.20 Å². The van der Waals surface area contributed by atoms with Crippen LogP contribution in [0.15, 0.2) is 23.3 Å². The Morgan fingerprint density at radius 2 is 2.44 bits per heavy atom. The minimum Gasteiger partial charge on any atom is -0.316 e. The molecular formula is C8H6ClFN4O2. The van der Waals surface area contributed by atoms with Gasteiger partial charge in [0.2, 0.25) is 0 Å². The van der Waals surface area contributed by atoms with Gasteiger partial charge in [-0.05, 0) is 0 Å². The summed E-state index contributed by atoms with van der Waals surface area (Å²) >= 11 is 4.91. The molecule has 1 unspecified atom stereocenters. The molecule has 8 heteroatoms. The molecule has 0 aliphatic heterocycles. The van der Waals surface area contributed by atoms with Crippen molar-refractivity contribution in [3.63, 3.8) is 0 Å². The third kappa shape index (κ3) is 1.76. The second kappa shape index (κ2) is 3.93. The monoisotopic (exact) mass is 244 g/mol. The first-order valence-corrected chi connectivity index (χ1v) is 4.67. The molecule has 2 N–H and O–H groups in total. The van der Waals surface area contributed by atoms with Crippen molar-refractivity contribution in [1.29, 1.82) is 0 Å². The Hall–Kier alpha value is -1.89. The van der Waals surface area contributed by atoms with E-state index in [1.807, 2.05) is 5.32 Å². The molecule has 1 atom stereocenters. The van der Waals surface area contributed by atoms with Crippen LogP contribution in [0.3, 0.4) is 0 Å². The molecule has 2 heterocycles. The first-order chi connectivity index (χ1) is 7.59. The van der Waals surface area contributed by atoms with Crippen LogP contribution in [0.25, 0.3) is 5.65 Å². The number of aromatic nitrogens is 3. The van der Waals surface area contributed by atoms with Gasteiger partial charge in [0.25, 0.3) is 17.1 Å². The van der Waals surface area contributed by atoms with Crippen molar-refractivity contribution in [3.05, 3.63) is 28.8 Å². The van der Waals surface area contributed by atoms with Crippen LogP contribution < -0.4 is 10.9 Å².